The summed E-state index contributed by atoms with van der Waals surface area (Å²) in [6.07, 6.45) is 0. The first kappa shape index (κ1) is 19.9. The molecule has 5 heteroatoms. The van der Waals surface area contributed by atoms with Crippen molar-refractivity contribution in [1.82, 2.24) is 0 Å². The van der Waals surface area contributed by atoms with Gasteiger partial charge in [-0.15, -0.1) is 0 Å². The van der Waals surface area contributed by atoms with Crippen LogP contribution in [-0.2, 0) is 13.5 Å². The number of hydrogen-bond donors (Lipinski definition) is 0. The van der Waals surface area contributed by atoms with Crippen molar-refractivity contribution < 1.29 is 13.5 Å². The molecule has 0 aromatic heterocycles. The van der Waals surface area contributed by atoms with Gasteiger partial charge in [0.05, 0.1) is 0 Å². The number of halogens is 2. The monoisotopic (exact) mass is 478 g/mol. The van der Waals surface area contributed by atoms with Crippen molar-refractivity contribution in [2.75, 3.05) is 22.9 Å². The Morgan fingerprint density at radius 1 is 0.654 bits per heavy atom. The second kappa shape index (κ2) is 7.62. The molecule has 0 unspecified atom stereocenters. The summed E-state index contributed by atoms with van der Waals surface area (Å²) in [5.74, 6) is 0. The van der Waals surface area contributed by atoms with Crippen molar-refractivity contribution >= 4 is 35.1 Å². The third-order valence-corrected chi connectivity index (χ3v) is 8.68. The minimum absolute atomic E-state index is 0.912. The maximum absolute atomic E-state index is 6.61. The molecule has 1 aliphatic rings. The Balaban J connectivity index is 2.10. The van der Waals surface area contributed by atoms with Crippen molar-refractivity contribution in [3.05, 3.63) is 57.6 Å². The van der Waals surface area contributed by atoms with Crippen LogP contribution in [0.4, 0.5) is 11.4 Å². The Kier molecular flexibility index (Phi) is 5.82. The first-order chi connectivity index (χ1) is 12.2. The number of hydrogen-bond acceptors (Lipinski definition) is 2. The minimum atomic E-state index is -2.11. The molecule has 0 atom stereocenters. The van der Waals surface area contributed by atoms with Gasteiger partial charge in [-0.05, 0) is 0 Å². The fourth-order valence-corrected chi connectivity index (χ4v) is 6.80. The van der Waals surface area contributed by atoms with Crippen molar-refractivity contribution in [3.63, 3.8) is 0 Å². The van der Waals surface area contributed by atoms with Gasteiger partial charge in [-0.25, -0.2) is 0 Å². The van der Waals surface area contributed by atoms with E-state index in [0.717, 1.165) is 17.4 Å². The number of nitrogens with zero attached hydrogens (tertiary/aromatic N) is 2. The van der Waals surface area contributed by atoms with Crippen molar-refractivity contribution in [3.8, 4) is 0 Å². The SMILES string of the molecule is Cc1ccc(N2CCN(c3ccc(C)c(C)c3C)[C]2=[Ru]([Cl])[Cl])c(C)c1C. The summed E-state index contributed by atoms with van der Waals surface area (Å²) >= 11 is -2.11. The molecule has 2 nitrogen and oxygen atoms in total. The standard InChI is InChI=1S/C21H26N2.2ClH.Ru/c1-14-7-9-20(18(5)16(14)3)22-11-12-23(13-22)21-10-8-15(2)17(4)19(21)6;;;/h7-10H,11-12H2,1-6H3;2*1H;/q;;;+2/p-2. The number of rotatable bonds is 2. The quantitative estimate of drug-likeness (QED) is 0.498. The Labute approximate surface area is 170 Å². The third-order valence-electron chi connectivity index (χ3n) is 5.74. The predicted molar refractivity (Wildman–Crippen MR) is 113 cm³/mol. The zero-order valence-electron chi connectivity index (χ0n) is 16.2. The van der Waals surface area contributed by atoms with Crippen molar-refractivity contribution in [2.45, 2.75) is 41.5 Å². The maximum atomic E-state index is 6.61. The number of anilines is 2. The second-order valence-electron chi connectivity index (χ2n) is 7.05. The first-order valence-corrected chi connectivity index (χ1v) is 14.1. The van der Waals surface area contributed by atoms with Crippen LogP contribution in [0.3, 0.4) is 0 Å². The van der Waals surface area contributed by atoms with Gasteiger partial charge < -0.3 is 0 Å². The summed E-state index contributed by atoms with van der Waals surface area (Å²) < 4.78 is 1.09. The molecule has 2 aromatic carbocycles. The third kappa shape index (κ3) is 3.35. The molecule has 0 saturated carbocycles. The molecule has 0 spiro atoms. The fourth-order valence-electron chi connectivity index (χ4n) is 3.57. The molecule has 0 amide bonds. The molecule has 2 aromatic rings. The van der Waals surface area contributed by atoms with Gasteiger partial charge in [0.25, 0.3) is 0 Å². The number of benzene rings is 2. The molecule has 0 aliphatic carbocycles. The van der Waals surface area contributed by atoms with Gasteiger partial charge in [0.15, 0.2) is 0 Å². The van der Waals surface area contributed by atoms with Gasteiger partial charge in [0.1, 0.15) is 0 Å². The van der Waals surface area contributed by atoms with E-state index < -0.39 is 13.5 Å². The molecule has 1 fully saturated rings. The van der Waals surface area contributed by atoms with Gasteiger partial charge >= 0.3 is 171 Å². The Hall–Kier alpha value is -0.887. The van der Waals surface area contributed by atoms with Gasteiger partial charge in [-0.1, -0.05) is 0 Å². The topological polar surface area (TPSA) is 6.48 Å². The van der Waals surface area contributed by atoms with Gasteiger partial charge in [-0.3, -0.25) is 0 Å². The van der Waals surface area contributed by atoms with Crippen LogP contribution in [0.15, 0.2) is 24.3 Å². The van der Waals surface area contributed by atoms with Crippen LogP contribution in [0.25, 0.3) is 0 Å². The molecule has 0 bridgehead atoms. The van der Waals surface area contributed by atoms with E-state index in [4.69, 9.17) is 19.4 Å². The van der Waals surface area contributed by atoms with Crippen LogP contribution in [0.2, 0.25) is 0 Å². The first-order valence-electron chi connectivity index (χ1n) is 8.79. The van der Waals surface area contributed by atoms with Crippen molar-refractivity contribution in [2.24, 2.45) is 0 Å². The van der Waals surface area contributed by atoms with Crippen LogP contribution in [-0.4, -0.2) is 17.4 Å². The molecule has 3 rings (SSSR count). The van der Waals surface area contributed by atoms with E-state index in [1.165, 1.54) is 44.8 Å². The molecular formula is C21H26Cl2N2Ru. The molecule has 0 N–H and O–H groups in total. The normalized spacial score (nSPS) is 15.1. The Morgan fingerprint density at radius 3 is 1.38 bits per heavy atom. The summed E-state index contributed by atoms with van der Waals surface area (Å²) in [5.41, 5.74) is 10.4. The molecule has 1 aliphatic heterocycles. The summed E-state index contributed by atoms with van der Waals surface area (Å²) in [4.78, 5) is 4.69. The molecule has 26 heavy (non-hydrogen) atoms. The fraction of sp³-hybridized carbons (Fsp3) is 0.381. The zero-order valence-corrected chi connectivity index (χ0v) is 19.5. The molecule has 1 heterocycles. The van der Waals surface area contributed by atoms with Gasteiger partial charge in [-0.2, -0.15) is 0 Å². The average Bonchev–Trinajstić information content (AvgIpc) is 3.02. The molecule has 0 radical (unpaired) electrons. The summed E-state index contributed by atoms with van der Waals surface area (Å²) in [6.45, 7) is 14.9. The molecule has 142 valence electrons. The van der Waals surface area contributed by atoms with E-state index in [1.807, 2.05) is 0 Å². The zero-order chi connectivity index (χ0) is 19.2. The Morgan fingerprint density at radius 2 is 1.04 bits per heavy atom. The van der Waals surface area contributed by atoms with Gasteiger partial charge in [0.2, 0.25) is 0 Å². The average molecular weight is 478 g/mol. The second-order valence-corrected chi connectivity index (χ2v) is 12.7. The van der Waals surface area contributed by atoms with E-state index in [1.54, 1.807) is 0 Å². The van der Waals surface area contributed by atoms with Crippen LogP contribution in [0, 0.1) is 41.5 Å². The number of aryl methyl sites for hydroxylation is 2. The van der Waals surface area contributed by atoms with E-state index in [2.05, 4.69) is 75.6 Å². The molecule has 1 saturated heterocycles. The predicted octanol–water partition coefficient (Wildman–Crippen LogP) is 5.88. The summed E-state index contributed by atoms with van der Waals surface area (Å²) in [7, 11) is 13.2. The summed E-state index contributed by atoms with van der Waals surface area (Å²) in [6, 6.07) is 8.80. The van der Waals surface area contributed by atoms with Gasteiger partial charge in [0, 0.05) is 0 Å². The van der Waals surface area contributed by atoms with E-state index in [0.29, 0.717) is 0 Å². The van der Waals surface area contributed by atoms with Crippen molar-refractivity contribution in [1.29, 1.82) is 0 Å². The molecular weight excluding hydrogens is 452 g/mol. The van der Waals surface area contributed by atoms with Crippen LogP contribution in [0.5, 0.6) is 0 Å². The van der Waals surface area contributed by atoms with E-state index in [-0.39, 0.29) is 0 Å². The summed E-state index contributed by atoms with van der Waals surface area (Å²) in [5, 5.41) is 0. The van der Waals surface area contributed by atoms with Crippen LogP contribution in [0.1, 0.15) is 33.4 Å². The van der Waals surface area contributed by atoms with E-state index in [9.17, 15) is 0 Å². The van der Waals surface area contributed by atoms with E-state index >= 15 is 0 Å². The van der Waals surface area contributed by atoms with Crippen LogP contribution < -0.4 is 9.80 Å². The van der Waals surface area contributed by atoms with Crippen LogP contribution >= 0.6 is 19.4 Å². The Bertz CT molecular complexity index is 834.